The monoisotopic (exact) mass is 922 g/mol. The molecule has 4 aliphatic rings. The van der Waals surface area contributed by atoms with Crippen LogP contribution in [0, 0.1) is 23.7 Å². The molecule has 3 aromatic heterocycles. The molecule has 4 saturated heterocycles. The normalized spacial score (nSPS) is 35.6. The summed E-state index contributed by atoms with van der Waals surface area (Å²) in [7, 11) is 3.52. The Balaban J connectivity index is 1.15. The van der Waals surface area contributed by atoms with Crippen molar-refractivity contribution in [1.29, 1.82) is 0 Å². The van der Waals surface area contributed by atoms with E-state index in [9.17, 15) is 14.7 Å². The molecule has 0 radical (unpaired) electrons. The van der Waals surface area contributed by atoms with Gasteiger partial charge in [-0.1, -0.05) is 39.8 Å². The Hall–Kier alpha value is -4.21. The lowest BCUT2D eigenvalue weighted by molar-refractivity contribution is -0.424. The van der Waals surface area contributed by atoms with Gasteiger partial charge in [-0.15, -0.1) is 5.10 Å². The van der Waals surface area contributed by atoms with Gasteiger partial charge in [-0.2, -0.15) is 0 Å². The molecule has 14 atom stereocenters. The van der Waals surface area contributed by atoms with Crippen LogP contribution < -0.4 is 5.73 Å². The Morgan fingerprint density at radius 2 is 1.77 bits per heavy atom. The minimum atomic E-state index is -1.60. The van der Waals surface area contributed by atoms with Crippen molar-refractivity contribution < 1.29 is 47.9 Å². The first-order valence-electron chi connectivity index (χ1n) is 23.7. The Bertz CT molecular complexity index is 2110. The van der Waals surface area contributed by atoms with Crippen LogP contribution >= 0.6 is 0 Å². The minimum absolute atomic E-state index is 0.0310. The fourth-order valence-electron chi connectivity index (χ4n) is 10.8. The zero-order valence-corrected chi connectivity index (χ0v) is 40.0. The SMILES string of the molecule is CC[C@H]1OC(O)[C@H](C)C(=O)[C@H](C)[C@H]2O[C@@H]3O[C@H](C)C[C@H](N(C)CCc4cn(CCN)nn4)[C@H]3O[C@@]2(OC)C[C@@H](C)C(=O)[C@H](C)[C@H]2N(CCCCn3cnc(-c4cccnc4)c3)C(=O)O[C@]12C. The van der Waals surface area contributed by atoms with Gasteiger partial charge in [0.2, 0.25) is 0 Å². The average Bonchev–Trinajstić information content (AvgIpc) is 4.04. The third-order valence-electron chi connectivity index (χ3n) is 14.4. The molecule has 0 saturated carbocycles. The fraction of sp³-hybridized carbons (Fsp3) is 0.723. The number of amides is 1. The molecule has 3 N–H and O–H groups in total. The van der Waals surface area contributed by atoms with E-state index in [2.05, 4.69) is 25.2 Å². The number of methoxy groups -OCH3 is 1. The Kier molecular flexibility index (Phi) is 15.8. The van der Waals surface area contributed by atoms with Crippen molar-refractivity contribution in [2.45, 2.75) is 161 Å². The second-order valence-electron chi connectivity index (χ2n) is 19.1. The second kappa shape index (κ2) is 21.0. The van der Waals surface area contributed by atoms with Crippen LogP contribution in [0.3, 0.4) is 0 Å². The molecule has 4 aliphatic heterocycles. The van der Waals surface area contributed by atoms with Crippen LogP contribution in [-0.4, -0.2) is 156 Å². The number of likely N-dealkylation sites (N-methyl/N-ethyl adjacent to an activating group) is 1. The lowest BCUT2D eigenvalue weighted by atomic mass is 9.75. The van der Waals surface area contributed by atoms with Crippen LogP contribution in [-0.2, 0) is 57.5 Å². The van der Waals surface area contributed by atoms with Gasteiger partial charge in [-0.05, 0) is 58.7 Å². The van der Waals surface area contributed by atoms with Crippen LogP contribution in [0.25, 0.3) is 11.3 Å². The predicted octanol–water partition coefficient (Wildman–Crippen LogP) is 3.86. The number of aryl methyl sites for hydroxylation is 1. The van der Waals surface area contributed by atoms with Gasteiger partial charge in [0.15, 0.2) is 24.0 Å². The number of ether oxygens (including phenoxy) is 6. The fourth-order valence-corrected chi connectivity index (χ4v) is 10.8. The van der Waals surface area contributed by atoms with Crippen LogP contribution in [0.2, 0.25) is 0 Å². The Morgan fingerprint density at radius 1 is 1.00 bits per heavy atom. The maximum atomic E-state index is 15.1. The Morgan fingerprint density at radius 3 is 2.48 bits per heavy atom. The standard InChI is InChI=1S/C47H71N9O10/c1-10-37-46(7)41(56(45(60)66-46)19-12-11-18-54-26-35(50-27-54)33-14-13-17-49-24-33)30(4)38(57)28(2)23-47(61-9)42(31(5)39(58)32(6)43(59)63-37)64-44-40(65-47)36(22-29(3)62-44)53(8)20-15-34-25-55(21-16-48)52-51-34/h13-14,17,24-32,36-37,40-44,59H,10-12,15-16,18-23,48H2,1-9H3/t28-,29-,30+,31+,32-,36+,37-,40-,41-,42-,43?,44+,46-,47+/m1/s1. The van der Waals surface area contributed by atoms with Crippen molar-refractivity contribution in [3.63, 3.8) is 0 Å². The van der Waals surface area contributed by atoms with Gasteiger partial charge in [0, 0.05) is 100 Å². The number of Topliss-reactive ketones (excluding diaryl/α,β-unsaturated/α-hetero) is 2. The number of unbranched alkanes of at least 4 members (excludes halogenated alkanes) is 1. The topological polar surface area (TPSA) is 221 Å². The molecule has 66 heavy (non-hydrogen) atoms. The van der Waals surface area contributed by atoms with E-state index in [1.165, 1.54) is 7.11 Å². The summed E-state index contributed by atoms with van der Waals surface area (Å²) < 4.78 is 43.2. The molecule has 7 heterocycles. The Labute approximate surface area is 387 Å². The van der Waals surface area contributed by atoms with E-state index in [1.807, 2.05) is 63.8 Å². The minimum Gasteiger partial charge on any atom is -0.438 e. The maximum absolute atomic E-state index is 15.1. The largest absolute Gasteiger partial charge is 0.438 e. The van der Waals surface area contributed by atoms with Crippen molar-refractivity contribution in [2.75, 3.05) is 33.8 Å². The molecule has 19 heteroatoms. The number of pyridine rings is 1. The summed E-state index contributed by atoms with van der Waals surface area (Å²) >= 11 is 0. The number of hydrogen-bond donors (Lipinski definition) is 2. The number of aromatic nitrogens is 6. The third-order valence-corrected chi connectivity index (χ3v) is 14.4. The summed E-state index contributed by atoms with van der Waals surface area (Å²) in [6.07, 6.45) is 6.27. The molecule has 4 fully saturated rings. The van der Waals surface area contributed by atoms with E-state index < -0.39 is 78.1 Å². The van der Waals surface area contributed by atoms with Gasteiger partial charge in [-0.3, -0.25) is 19.3 Å². The quantitative estimate of drug-likeness (QED) is 0.219. The van der Waals surface area contributed by atoms with Crippen LogP contribution in [0.1, 0.15) is 86.3 Å². The molecule has 19 nitrogen and oxygen atoms in total. The third kappa shape index (κ3) is 10.1. The predicted molar refractivity (Wildman–Crippen MR) is 240 cm³/mol. The number of carbonyl (C=O) groups is 3. The summed E-state index contributed by atoms with van der Waals surface area (Å²) in [5.74, 6) is -5.50. The highest BCUT2D eigenvalue weighted by Gasteiger charge is 2.62. The average molecular weight is 922 g/mol. The van der Waals surface area contributed by atoms with Crippen molar-refractivity contribution in [1.82, 2.24) is 39.3 Å². The maximum Gasteiger partial charge on any atom is 0.410 e. The van der Waals surface area contributed by atoms with E-state index in [0.29, 0.717) is 64.8 Å². The number of aliphatic hydroxyl groups is 1. The van der Waals surface area contributed by atoms with Crippen LogP contribution in [0.15, 0.2) is 43.2 Å². The molecule has 0 aromatic carbocycles. The number of aliphatic hydroxyl groups excluding tert-OH is 1. The smallest absolute Gasteiger partial charge is 0.410 e. The summed E-state index contributed by atoms with van der Waals surface area (Å²) in [4.78, 5) is 56.2. The second-order valence-corrected chi connectivity index (χ2v) is 19.1. The zero-order valence-electron chi connectivity index (χ0n) is 40.0. The molecule has 364 valence electrons. The van der Waals surface area contributed by atoms with Crippen molar-refractivity contribution in [3.05, 3.63) is 48.9 Å². The molecule has 7 rings (SSSR count). The summed E-state index contributed by atoms with van der Waals surface area (Å²) in [6.45, 7) is 15.2. The number of nitrogens with two attached hydrogens (primary N) is 1. The first-order chi connectivity index (χ1) is 31.5. The van der Waals surface area contributed by atoms with E-state index >= 15 is 4.79 Å². The molecule has 1 amide bonds. The number of rotatable bonds is 14. The first-order valence-corrected chi connectivity index (χ1v) is 23.7. The number of ketones is 2. The molecular formula is C47H71N9O10. The molecule has 3 aromatic rings. The number of carbonyl (C=O) groups excluding carboxylic acids is 3. The van der Waals surface area contributed by atoms with Gasteiger partial charge in [0.25, 0.3) is 0 Å². The van der Waals surface area contributed by atoms with Gasteiger partial charge >= 0.3 is 6.09 Å². The highest BCUT2D eigenvalue weighted by Crippen LogP contribution is 2.47. The highest BCUT2D eigenvalue weighted by atomic mass is 16.8. The molecule has 0 spiro atoms. The van der Waals surface area contributed by atoms with Gasteiger partial charge in [-0.25, -0.2) is 9.78 Å². The summed E-state index contributed by atoms with van der Waals surface area (Å²) in [5, 5.41) is 20.2. The van der Waals surface area contributed by atoms with Gasteiger partial charge in [0.1, 0.15) is 29.9 Å². The van der Waals surface area contributed by atoms with E-state index in [0.717, 1.165) is 17.0 Å². The van der Waals surface area contributed by atoms with E-state index in [-0.39, 0.29) is 30.1 Å². The van der Waals surface area contributed by atoms with Gasteiger partial charge < -0.3 is 53.6 Å². The summed E-state index contributed by atoms with van der Waals surface area (Å²) in [5.41, 5.74) is 6.93. The molecule has 1 unspecified atom stereocenters. The number of fused-ring (bicyclic) bond motifs is 3. The van der Waals surface area contributed by atoms with Crippen LogP contribution in [0.5, 0.6) is 0 Å². The van der Waals surface area contributed by atoms with Crippen molar-refractivity contribution in [3.8, 4) is 11.3 Å². The lowest BCUT2D eigenvalue weighted by Crippen LogP contribution is -2.69. The number of hydrogen-bond acceptors (Lipinski definition) is 16. The van der Waals surface area contributed by atoms with Crippen molar-refractivity contribution >= 4 is 17.7 Å². The van der Waals surface area contributed by atoms with E-state index in [1.54, 1.807) is 49.1 Å². The number of nitrogens with zero attached hydrogens (tertiary/aromatic N) is 8. The number of imidazole rings is 1. The molecule has 0 bridgehead atoms. The first kappa shape index (κ1) is 49.7. The van der Waals surface area contributed by atoms with Crippen LogP contribution in [0.4, 0.5) is 4.79 Å². The lowest BCUT2D eigenvalue weighted by Gasteiger charge is -2.55. The molecule has 0 aliphatic carbocycles. The van der Waals surface area contributed by atoms with E-state index in [4.69, 9.17) is 34.2 Å². The van der Waals surface area contributed by atoms with Crippen molar-refractivity contribution in [2.24, 2.45) is 29.4 Å². The van der Waals surface area contributed by atoms with Gasteiger partial charge in [0.05, 0.1) is 42.3 Å². The zero-order chi connectivity index (χ0) is 47.5. The highest BCUT2D eigenvalue weighted by molar-refractivity contribution is 5.86. The summed E-state index contributed by atoms with van der Waals surface area (Å²) in [6, 6.07) is 2.85. The molecular weight excluding hydrogens is 851 g/mol.